The Morgan fingerprint density at radius 2 is 1.46 bits per heavy atom. The Labute approximate surface area is 263 Å². The van der Waals surface area contributed by atoms with Crippen LogP contribution in [0.15, 0.2) is 95.6 Å². The second kappa shape index (κ2) is 15.1. The van der Waals surface area contributed by atoms with E-state index in [0.29, 0.717) is 17.0 Å². The number of ether oxygens (including phenoxy) is 2. The van der Waals surface area contributed by atoms with Gasteiger partial charge >= 0.3 is 11.9 Å². The fraction of sp³-hybridized carbons (Fsp3) is 0.219. The van der Waals surface area contributed by atoms with E-state index in [1.54, 1.807) is 44.2 Å². The van der Waals surface area contributed by atoms with Crippen molar-refractivity contribution >= 4 is 29.4 Å². The van der Waals surface area contributed by atoms with Crippen LogP contribution in [0.4, 0.5) is 5.69 Å². The monoisotopic (exact) mass is 629 g/mol. The van der Waals surface area contributed by atoms with Crippen LogP contribution in [0.2, 0.25) is 0 Å². The van der Waals surface area contributed by atoms with Gasteiger partial charge in [0.2, 0.25) is 0 Å². The van der Waals surface area contributed by atoms with Crippen molar-refractivity contribution in [3.63, 3.8) is 0 Å². The molecule has 0 saturated carbocycles. The molecular formula is C32H31N5O9. The van der Waals surface area contributed by atoms with Crippen molar-refractivity contribution in [2.45, 2.75) is 19.8 Å². The number of allylic oxidation sites excluding steroid dienone is 2. The van der Waals surface area contributed by atoms with Crippen LogP contribution in [0.25, 0.3) is 0 Å². The molecule has 2 heterocycles. The number of nitrogens with one attached hydrogen (secondary N) is 3. The zero-order valence-electron chi connectivity index (χ0n) is 24.9. The number of phenolic OH excluding ortho intramolecular Hbond substituents is 1. The van der Waals surface area contributed by atoms with Crippen LogP contribution in [0.5, 0.6) is 5.75 Å². The minimum atomic E-state index is -1.25. The van der Waals surface area contributed by atoms with E-state index in [2.05, 4.69) is 20.9 Å². The summed E-state index contributed by atoms with van der Waals surface area (Å²) in [4.78, 5) is 67.0. The molecule has 0 bridgehead atoms. The van der Waals surface area contributed by atoms with E-state index in [9.17, 15) is 34.4 Å². The van der Waals surface area contributed by atoms with E-state index in [1.165, 1.54) is 42.7 Å². The van der Waals surface area contributed by atoms with Crippen LogP contribution in [0.1, 0.15) is 46.0 Å². The molecule has 4 rings (SSSR count). The summed E-state index contributed by atoms with van der Waals surface area (Å²) >= 11 is 0. The SMILES string of the molecule is CC1=C(C(=O)OCCNC(=O)c2cccnc2)[C@H](c2ccccc2[N+](=O)[O-])C(C(=O)OCCNC(=O)c2ccccc2O)=C(C)N1. The van der Waals surface area contributed by atoms with Gasteiger partial charge in [0, 0.05) is 35.4 Å². The molecule has 46 heavy (non-hydrogen) atoms. The average Bonchev–Trinajstić information content (AvgIpc) is 3.04. The molecule has 1 atom stereocenters. The number of hydrogen-bond acceptors (Lipinski definition) is 11. The van der Waals surface area contributed by atoms with Gasteiger partial charge in [-0.15, -0.1) is 0 Å². The molecular weight excluding hydrogens is 598 g/mol. The molecule has 4 N–H and O–H groups in total. The number of carbonyl (C=O) groups excluding carboxylic acids is 4. The summed E-state index contributed by atoms with van der Waals surface area (Å²) in [5.74, 6) is -4.21. The van der Waals surface area contributed by atoms with Crippen LogP contribution in [-0.4, -0.2) is 65.1 Å². The predicted molar refractivity (Wildman–Crippen MR) is 163 cm³/mol. The van der Waals surface area contributed by atoms with Crippen molar-refractivity contribution in [2.75, 3.05) is 26.3 Å². The van der Waals surface area contributed by atoms with E-state index in [0.717, 1.165) is 0 Å². The quantitative estimate of drug-likeness (QED) is 0.0994. The number of aromatic nitrogens is 1. The molecule has 1 aromatic heterocycles. The van der Waals surface area contributed by atoms with E-state index in [1.807, 2.05) is 0 Å². The Kier molecular flexibility index (Phi) is 10.8. The minimum Gasteiger partial charge on any atom is -0.507 e. The smallest absolute Gasteiger partial charge is 0.336 e. The van der Waals surface area contributed by atoms with Gasteiger partial charge in [-0.2, -0.15) is 0 Å². The number of aromatic hydroxyl groups is 1. The normalized spacial score (nSPS) is 14.2. The zero-order valence-corrected chi connectivity index (χ0v) is 24.9. The largest absolute Gasteiger partial charge is 0.507 e. The third-order valence-electron chi connectivity index (χ3n) is 6.96. The van der Waals surface area contributed by atoms with Crippen molar-refractivity contribution in [1.82, 2.24) is 20.9 Å². The zero-order chi connectivity index (χ0) is 33.2. The first-order valence-electron chi connectivity index (χ1n) is 14.1. The lowest BCUT2D eigenvalue weighted by Gasteiger charge is -2.30. The molecule has 0 saturated heterocycles. The molecule has 0 aliphatic carbocycles. The lowest BCUT2D eigenvalue weighted by molar-refractivity contribution is -0.385. The van der Waals surface area contributed by atoms with Crippen LogP contribution in [-0.2, 0) is 19.1 Å². The summed E-state index contributed by atoms with van der Waals surface area (Å²) in [6.45, 7) is 2.48. The topological polar surface area (TPSA) is 199 Å². The molecule has 0 radical (unpaired) electrons. The highest BCUT2D eigenvalue weighted by Gasteiger charge is 2.41. The first-order valence-corrected chi connectivity index (χ1v) is 14.1. The summed E-state index contributed by atoms with van der Waals surface area (Å²) in [5.41, 5.74) is 0.568. The number of amides is 2. The minimum absolute atomic E-state index is 0.0361. The Morgan fingerprint density at radius 1 is 0.870 bits per heavy atom. The lowest BCUT2D eigenvalue weighted by atomic mass is 9.79. The average molecular weight is 630 g/mol. The fourth-order valence-corrected chi connectivity index (χ4v) is 4.88. The van der Waals surface area contributed by atoms with Gasteiger partial charge in [-0.25, -0.2) is 9.59 Å². The molecule has 2 amide bonds. The summed E-state index contributed by atoms with van der Waals surface area (Å²) in [6.07, 6.45) is 2.91. The van der Waals surface area contributed by atoms with Crippen LogP contribution in [0, 0.1) is 10.1 Å². The van der Waals surface area contributed by atoms with Crippen LogP contribution in [0.3, 0.4) is 0 Å². The number of nitro benzene ring substituents is 1. The van der Waals surface area contributed by atoms with Gasteiger partial charge in [-0.05, 0) is 38.1 Å². The number of carbonyl (C=O) groups is 4. The first kappa shape index (κ1) is 32.9. The van der Waals surface area contributed by atoms with Crippen molar-refractivity contribution in [2.24, 2.45) is 0 Å². The molecule has 238 valence electrons. The van der Waals surface area contributed by atoms with Crippen molar-refractivity contribution in [1.29, 1.82) is 0 Å². The van der Waals surface area contributed by atoms with Crippen molar-refractivity contribution in [3.8, 4) is 5.75 Å². The number of hydrogen-bond donors (Lipinski definition) is 4. The number of nitro groups is 1. The van der Waals surface area contributed by atoms with E-state index >= 15 is 0 Å². The molecule has 1 aliphatic heterocycles. The molecule has 1 aliphatic rings. The Balaban J connectivity index is 1.51. The van der Waals surface area contributed by atoms with E-state index in [4.69, 9.17) is 9.47 Å². The van der Waals surface area contributed by atoms with Crippen molar-refractivity contribution < 1.29 is 38.7 Å². The molecule has 14 nitrogen and oxygen atoms in total. The van der Waals surface area contributed by atoms with Gasteiger partial charge in [-0.3, -0.25) is 24.7 Å². The molecule has 3 aromatic rings. The maximum absolute atomic E-state index is 13.5. The Morgan fingerprint density at radius 3 is 2.04 bits per heavy atom. The highest BCUT2D eigenvalue weighted by atomic mass is 16.6. The predicted octanol–water partition coefficient (Wildman–Crippen LogP) is 2.88. The highest BCUT2D eigenvalue weighted by molar-refractivity contribution is 6.00. The molecule has 0 spiro atoms. The standard InChI is InChI=1S/C32H31N5O9/c1-19-26(31(41)45-16-14-34-29(39)21-8-7-13-33-18-21)28(22-9-3-5-11-24(22)37(43)44)27(20(2)36-19)32(42)46-17-15-35-30(40)23-10-4-6-12-25(23)38/h3-13,18,28,36,38H,14-17H2,1-2H3,(H,34,39)(H,35,40)/t28-/m0/s1. The van der Waals surface area contributed by atoms with Crippen molar-refractivity contribution in [3.05, 3.63) is 122 Å². The van der Waals surface area contributed by atoms with Gasteiger partial charge < -0.3 is 30.5 Å². The molecule has 0 unspecified atom stereocenters. The van der Waals surface area contributed by atoms with Gasteiger partial charge in [0.1, 0.15) is 19.0 Å². The third-order valence-corrected chi connectivity index (χ3v) is 6.96. The van der Waals surface area contributed by atoms with Crippen LogP contribution < -0.4 is 16.0 Å². The number of para-hydroxylation sites is 2. The second-order valence-corrected chi connectivity index (χ2v) is 9.99. The number of dihydropyridines is 1. The molecule has 14 heteroatoms. The summed E-state index contributed by atoms with van der Waals surface area (Å²) < 4.78 is 10.9. The molecule has 0 fully saturated rings. The van der Waals surface area contributed by atoms with E-state index in [-0.39, 0.29) is 60.0 Å². The number of esters is 2. The van der Waals surface area contributed by atoms with Crippen LogP contribution >= 0.6 is 0 Å². The lowest BCUT2D eigenvalue weighted by Crippen LogP contribution is -2.35. The molecule has 2 aromatic carbocycles. The number of pyridine rings is 1. The summed E-state index contributed by atoms with van der Waals surface area (Å²) in [7, 11) is 0. The number of benzene rings is 2. The summed E-state index contributed by atoms with van der Waals surface area (Å²) in [5, 5.41) is 30.0. The number of phenols is 1. The fourth-order valence-electron chi connectivity index (χ4n) is 4.88. The van der Waals surface area contributed by atoms with Gasteiger partial charge in [-0.1, -0.05) is 30.3 Å². The summed E-state index contributed by atoms with van der Waals surface area (Å²) in [6, 6.07) is 14.8. The van der Waals surface area contributed by atoms with E-state index < -0.39 is 34.6 Å². The Hall–Kier alpha value is -6.05. The third kappa shape index (κ3) is 7.72. The number of rotatable bonds is 12. The highest BCUT2D eigenvalue weighted by Crippen LogP contribution is 2.42. The maximum Gasteiger partial charge on any atom is 0.336 e. The van der Waals surface area contributed by atoms with Gasteiger partial charge in [0.25, 0.3) is 17.5 Å². The van der Waals surface area contributed by atoms with Gasteiger partial charge in [0.05, 0.1) is 46.2 Å². The second-order valence-electron chi connectivity index (χ2n) is 9.99. The maximum atomic E-state index is 13.5. The number of nitrogens with zero attached hydrogens (tertiary/aromatic N) is 2. The van der Waals surface area contributed by atoms with Gasteiger partial charge in [0.15, 0.2) is 0 Å². The Bertz CT molecular complexity index is 1720. The first-order chi connectivity index (χ1) is 22.1.